The van der Waals surface area contributed by atoms with Gasteiger partial charge in [0.1, 0.15) is 0 Å². The van der Waals surface area contributed by atoms with Gasteiger partial charge in [0.25, 0.3) is 0 Å². The van der Waals surface area contributed by atoms with Crippen LogP contribution in [0.3, 0.4) is 0 Å². The van der Waals surface area contributed by atoms with Crippen molar-refractivity contribution in [1.82, 2.24) is 4.90 Å². The summed E-state index contributed by atoms with van der Waals surface area (Å²) >= 11 is 0. The Morgan fingerprint density at radius 2 is 1.93 bits per heavy atom. The first-order valence-electron chi connectivity index (χ1n) is 6.26. The van der Waals surface area contributed by atoms with Gasteiger partial charge >= 0.3 is 0 Å². The minimum absolute atomic E-state index is 0.102. The van der Waals surface area contributed by atoms with Gasteiger partial charge in [-0.25, -0.2) is 0 Å². The van der Waals surface area contributed by atoms with Crippen molar-refractivity contribution in [2.24, 2.45) is 0 Å². The maximum Gasteiger partial charge on any atom is 0.0698 e. The molecular formula is C12H23NO2. The highest BCUT2D eigenvalue weighted by Crippen LogP contribution is 2.26. The van der Waals surface area contributed by atoms with Crippen LogP contribution in [-0.4, -0.2) is 48.5 Å². The minimum Gasteiger partial charge on any atom is -0.391 e. The number of ether oxygens (including phenoxy) is 1. The molecule has 0 radical (unpaired) electrons. The number of nitrogens with zero attached hydrogens (tertiary/aromatic N) is 1. The largest absolute Gasteiger partial charge is 0.391 e. The molecule has 1 aliphatic heterocycles. The summed E-state index contributed by atoms with van der Waals surface area (Å²) in [5.41, 5.74) is 0. The molecule has 1 unspecified atom stereocenters. The molecule has 0 spiro atoms. The normalized spacial score (nSPS) is 39.2. The fraction of sp³-hybridized carbons (Fsp3) is 1.00. The number of likely N-dealkylation sites (tertiary alicyclic amines) is 1. The van der Waals surface area contributed by atoms with E-state index in [0.29, 0.717) is 12.1 Å². The summed E-state index contributed by atoms with van der Waals surface area (Å²) in [7, 11) is 1.80. The molecule has 1 N–H and O–H groups in total. The van der Waals surface area contributed by atoms with Crippen LogP contribution >= 0.6 is 0 Å². The zero-order chi connectivity index (χ0) is 10.7. The average molecular weight is 213 g/mol. The third-order valence-electron chi connectivity index (χ3n) is 3.91. The van der Waals surface area contributed by atoms with Crippen molar-refractivity contribution in [3.8, 4) is 0 Å². The highest BCUT2D eigenvalue weighted by atomic mass is 16.5. The number of rotatable bonds is 2. The smallest absolute Gasteiger partial charge is 0.0698 e. The Morgan fingerprint density at radius 3 is 2.67 bits per heavy atom. The van der Waals surface area contributed by atoms with E-state index >= 15 is 0 Å². The van der Waals surface area contributed by atoms with Crippen LogP contribution in [0, 0.1) is 0 Å². The van der Waals surface area contributed by atoms with Crippen LogP contribution in [0.25, 0.3) is 0 Å². The average Bonchev–Trinajstić information content (AvgIpc) is 2.30. The van der Waals surface area contributed by atoms with Crippen LogP contribution in [-0.2, 0) is 4.74 Å². The molecule has 0 aromatic rings. The summed E-state index contributed by atoms with van der Waals surface area (Å²) < 4.78 is 5.42. The van der Waals surface area contributed by atoms with Gasteiger partial charge in [0.05, 0.1) is 12.2 Å². The van der Waals surface area contributed by atoms with Gasteiger partial charge < -0.3 is 9.84 Å². The lowest BCUT2D eigenvalue weighted by Crippen LogP contribution is -2.51. The van der Waals surface area contributed by atoms with E-state index < -0.39 is 0 Å². The summed E-state index contributed by atoms with van der Waals surface area (Å²) in [4.78, 5) is 2.45. The minimum atomic E-state index is -0.102. The maximum absolute atomic E-state index is 10.00. The van der Waals surface area contributed by atoms with Crippen LogP contribution in [0.2, 0.25) is 0 Å². The van der Waals surface area contributed by atoms with Crippen LogP contribution in [0.4, 0.5) is 0 Å². The molecule has 2 aliphatic rings. The van der Waals surface area contributed by atoms with Crippen molar-refractivity contribution in [2.45, 2.75) is 56.8 Å². The lowest BCUT2D eigenvalue weighted by atomic mass is 9.90. The zero-order valence-electron chi connectivity index (χ0n) is 9.69. The van der Waals surface area contributed by atoms with Crippen molar-refractivity contribution >= 4 is 0 Å². The molecule has 0 aromatic heterocycles. The van der Waals surface area contributed by atoms with Crippen molar-refractivity contribution < 1.29 is 9.84 Å². The third kappa shape index (κ3) is 2.71. The Labute approximate surface area is 92.4 Å². The van der Waals surface area contributed by atoms with Gasteiger partial charge in [-0.1, -0.05) is 12.8 Å². The molecule has 0 aromatic carbocycles. The standard InChI is InChI=1S/C12H23NO2/c1-15-10-5-4-8-13(9-10)11-6-2-3-7-12(11)14/h10-12,14H,2-9H2,1H3/t10?,11-,12-/m1/s1. The summed E-state index contributed by atoms with van der Waals surface area (Å²) in [6.45, 7) is 2.15. The second-order valence-corrected chi connectivity index (χ2v) is 4.91. The van der Waals surface area contributed by atoms with Crippen LogP contribution in [0.1, 0.15) is 38.5 Å². The fourth-order valence-electron chi connectivity index (χ4n) is 2.98. The summed E-state index contributed by atoms with van der Waals surface area (Å²) in [6.07, 6.45) is 7.28. The molecule has 1 saturated carbocycles. The van der Waals surface area contributed by atoms with E-state index in [4.69, 9.17) is 4.74 Å². The summed E-state index contributed by atoms with van der Waals surface area (Å²) in [5.74, 6) is 0. The molecule has 2 rings (SSSR count). The molecule has 3 atom stereocenters. The number of aliphatic hydroxyl groups is 1. The van der Waals surface area contributed by atoms with Gasteiger partial charge in [0.15, 0.2) is 0 Å². The molecule has 1 saturated heterocycles. The van der Waals surface area contributed by atoms with Crippen LogP contribution in [0.15, 0.2) is 0 Å². The molecule has 1 aliphatic carbocycles. The van der Waals surface area contributed by atoms with Crippen molar-refractivity contribution in [1.29, 1.82) is 0 Å². The topological polar surface area (TPSA) is 32.7 Å². The van der Waals surface area contributed by atoms with E-state index in [9.17, 15) is 5.11 Å². The monoisotopic (exact) mass is 213 g/mol. The van der Waals surface area contributed by atoms with Crippen molar-refractivity contribution in [3.05, 3.63) is 0 Å². The summed E-state index contributed by atoms with van der Waals surface area (Å²) in [6, 6.07) is 0.400. The first-order chi connectivity index (χ1) is 7.31. The predicted molar refractivity (Wildman–Crippen MR) is 59.9 cm³/mol. The Balaban J connectivity index is 1.90. The molecule has 0 bridgehead atoms. The third-order valence-corrected chi connectivity index (χ3v) is 3.91. The van der Waals surface area contributed by atoms with Gasteiger partial charge in [0.2, 0.25) is 0 Å². The lowest BCUT2D eigenvalue weighted by molar-refractivity contribution is -0.0329. The molecular weight excluding hydrogens is 190 g/mol. The highest BCUT2D eigenvalue weighted by Gasteiger charge is 2.31. The van der Waals surface area contributed by atoms with Crippen LogP contribution < -0.4 is 0 Å². The van der Waals surface area contributed by atoms with Gasteiger partial charge in [0, 0.05) is 19.7 Å². The van der Waals surface area contributed by atoms with E-state index in [-0.39, 0.29) is 6.10 Å². The van der Waals surface area contributed by atoms with Gasteiger partial charge in [-0.15, -0.1) is 0 Å². The van der Waals surface area contributed by atoms with E-state index in [1.807, 2.05) is 0 Å². The second-order valence-electron chi connectivity index (χ2n) is 4.91. The lowest BCUT2D eigenvalue weighted by Gasteiger charge is -2.41. The zero-order valence-corrected chi connectivity index (χ0v) is 9.69. The Kier molecular flexibility index (Phi) is 4.00. The first kappa shape index (κ1) is 11.4. The van der Waals surface area contributed by atoms with E-state index in [1.165, 1.54) is 25.7 Å². The number of hydrogen-bond acceptors (Lipinski definition) is 3. The quantitative estimate of drug-likeness (QED) is 0.752. The second kappa shape index (κ2) is 5.28. The van der Waals surface area contributed by atoms with Crippen molar-refractivity contribution in [2.75, 3.05) is 20.2 Å². The number of methoxy groups -OCH3 is 1. The predicted octanol–water partition coefficient (Wildman–Crippen LogP) is 1.40. The molecule has 88 valence electrons. The van der Waals surface area contributed by atoms with Crippen LogP contribution in [0.5, 0.6) is 0 Å². The number of aliphatic hydroxyl groups excluding tert-OH is 1. The maximum atomic E-state index is 10.00. The van der Waals surface area contributed by atoms with Gasteiger partial charge in [-0.05, 0) is 32.2 Å². The van der Waals surface area contributed by atoms with E-state index in [1.54, 1.807) is 7.11 Å². The fourth-order valence-corrected chi connectivity index (χ4v) is 2.98. The number of piperidine rings is 1. The Bertz CT molecular complexity index is 198. The molecule has 15 heavy (non-hydrogen) atoms. The Hall–Kier alpha value is -0.120. The van der Waals surface area contributed by atoms with Gasteiger partial charge in [-0.2, -0.15) is 0 Å². The molecule has 2 fully saturated rings. The van der Waals surface area contributed by atoms with E-state index in [2.05, 4.69) is 4.90 Å². The molecule has 3 nitrogen and oxygen atoms in total. The van der Waals surface area contributed by atoms with Gasteiger partial charge in [-0.3, -0.25) is 4.90 Å². The molecule has 3 heteroatoms. The molecule has 0 amide bonds. The molecule has 1 heterocycles. The highest BCUT2D eigenvalue weighted by molar-refractivity contribution is 4.86. The summed E-state index contributed by atoms with van der Waals surface area (Å²) in [5, 5.41) is 10.00. The Morgan fingerprint density at radius 1 is 1.13 bits per heavy atom. The SMILES string of the molecule is COC1CCCN([C@@H]2CCCC[C@H]2O)C1. The van der Waals surface area contributed by atoms with Crippen molar-refractivity contribution in [3.63, 3.8) is 0 Å². The first-order valence-corrected chi connectivity index (χ1v) is 6.26. The number of hydrogen-bond donors (Lipinski definition) is 1. The van der Waals surface area contributed by atoms with E-state index in [0.717, 1.165) is 25.9 Å².